The summed E-state index contributed by atoms with van der Waals surface area (Å²) in [5, 5.41) is 0. The van der Waals surface area contributed by atoms with Crippen molar-refractivity contribution in [2.45, 2.75) is 13.8 Å². The van der Waals surface area contributed by atoms with Crippen molar-refractivity contribution >= 4 is 18.2 Å². The molecule has 0 fully saturated rings. The molecule has 0 bridgehead atoms. The summed E-state index contributed by atoms with van der Waals surface area (Å²) < 4.78 is 4.51. The minimum Gasteiger partial charge on any atom is -0.467 e. The van der Waals surface area contributed by atoms with E-state index < -0.39 is 0 Å². The molecule has 0 amide bonds. The van der Waals surface area contributed by atoms with E-state index in [1.165, 1.54) is 0 Å². The topological polar surface area (TPSA) is 26.3 Å². The van der Waals surface area contributed by atoms with Gasteiger partial charge < -0.3 is 4.74 Å². The lowest BCUT2D eigenvalue weighted by molar-refractivity contribution is -0.128. The summed E-state index contributed by atoms with van der Waals surface area (Å²) in [5.74, 6) is 2.78. The fourth-order valence-corrected chi connectivity index (χ4v) is 1.33. The van der Waals surface area contributed by atoms with E-state index >= 15 is 0 Å². The smallest absolute Gasteiger partial charge is 0.293 e. The number of rotatable bonds is 6. The van der Waals surface area contributed by atoms with Crippen molar-refractivity contribution in [1.29, 1.82) is 0 Å². The van der Waals surface area contributed by atoms with Gasteiger partial charge >= 0.3 is 0 Å². The van der Waals surface area contributed by atoms with Gasteiger partial charge in [0, 0.05) is 5.75 Å². The van der Waals surface area contributed by atoms with Gasteiger partial charge in [0.2, 0.25) is 0 Å². The number of carbonyl (C=O) groups is 1. The fourth-order valence-electron chi connectivity index (χ4n) is 0.474. The molecular formula is C7H14O2S. The molecule has 10 heavy (non-hydrogen) atoms. The second-order valence-electron chi connectivity index (χ2n) is 2.44. The number of carbonyl (C=O) groups excluding carboxylic acids is 1. The fraction of sp³-hybridized carbons (Fsp3) is 0.857. The standard InChI is InChI=1S/C7H14O2S/c1-7(2)5-10-4-3-9-6-8/h6-7H,3-5H2,1-2H3. The monoisotopic (exact) mass is 162 g/mol. The first-order valence-electron chi connectivity index (χ1n) is 3.40. The molecule has 0 aliphatic rings. The predicted molar refractivity (Wildman–Crippen MR) is 44.2 cm³/mol. The molecule has 0 aromatic heterocycles. The van der Waals surface area contributed by atoms with Gasteiger partial charge in [0.05, 0.1) is 0 Å². The van der Waals surface area contributed by atoms with Crippen molar-refractivity contribution in [1.82, 2.24) is 0 Å². The van der Waals surface area contributed by atoms with Crippen molar-refractivity contribution in [3.05, 3.63) is 0 Å². The highest BCUT2D eigenvalue weighted by Gasteiger charge is 1.93. The van der Waals surface area contributed by atoms with E-state index in [9.17, 15) is 4.79 Å². The zero-order chi connectivity index (χ0) is 7.82. The van der Waals surface area contributed by atoms with Crippen molar-refractivity contribution in [2.24, 2.45) is 5.92 Å². The second kappa shape index (κ2) is 6.93. The van der Waals surface area contributed by atoms with Gasteiger partial charge in [0.1, 0.15) is 6.61 Å². The molecule has 0 saturated heterocycles. The maximum absolute atomic E-state index is 9.67. The third-order valence-corrected chi connectivity index (χ3v) is 2.22. The quantitative estimate of drug-likeness (QED) is 0.438. The van der Waals surface area contributed by atoms with Crippen LogP contribution in [0, 0.1) is 5.92 Å². The summed E-state index contributed by atoms with van der Waals surface area (Å²) in [6, 6.07) is 0. The molecule has 3 heteroatoms. The summed E-state index contributed by atoms with van der Waals surface area (Å²) >= 11 is 1.82. The van der Waals surface area contributed by atoms with E-state index in [0.29, 0.717) is 13.1 Å². The molecule has 2 nitrogen and oxygen atoms in total. The molecule has 0 aromatic rings. The molecule has 60 valence electrons. The lowest BCUT2D eigenvalue weighted by atomic mass is 10.3. The first-order chi connectivity index (χ1) is 4.77. The Labute approximate surface area is 66.3 Å². The maximum Gasteiger partial charge on any atom is 0.293 e. The van der Waals surface area contributed by atoms with E-state index in [2.05, 4.69) is 18.6 Å². The molecule has 0 atom stereocenters. The van der Waals surface area contributed by atoms with Crippen LogP contribution in [0.15, 0.2) is 0 Å². The Bertz CT molecular complexity index is 83.7. The van der Waals surface area contributed by atoms with Crippen molar-refractivity contribution in [3.8, 4) is 0 Å². The minimum atomic E-state index is 0.496. The van der Waals surface area contributed by atoms with Crippen molar-refractivity contribution in [3.63, 3.8) is 0 Å². The van der Waals surface area contributed by atoms with Gasteiger partial charge in [0.25, 0.3) is 6.47 Å². The van der Waals surface area contributed by atoms with Crippen LogP contribution in [-0.4, -0.2) is 24.6 Å². The predicted octanol–water partition coefficient (Wildman–Crippen LogP) is 1.55. The van der Waals surface area contributed by atoms with Crippen LogP contribution in [0.3, 0.4) is 0 Å². The molecule has 0 aliphatic heterocycles. The van der Waals surface area contributed by atoms with Crippen LogP contribution >= 0.6 is 11.8 Å². The van der Waals surface area contributed by atoms with E-state index in [0.717, 1.165) is 17.4 Å². The molecule has 0 radical (unpaired) electrons. The van der Waals surface area contributed by atoms with Crippen LogP contribution in [0.5, 0.6) is 0 Å². The Balaban J connectivity index is 2.83. The van der Waals surface area contributed by atoms with Crippen LogP contribution in [-0.2, 0) is 9.53 Å². The van der Waals surface area contributed by atoms with Gasteiger partial charge in [-0.2, -0.15) is 11.8 Å². The van der Waals surface area contributed by atoms with Gasteiger partial charge in [-0.25, -0.2) is 0 Å². The van der Waals surface area contributed by atoms with E-state index in [1.807, 2.05) is 11.8 Å². The van der Waals surface area contributed by atoms with Gasteiger partial charge in [-0.05, 0) is 11.7 Å². The summed E-state index contributed by atoms with van der Waals surface area (Å²) in [7, 11) is 0. The Morgan fingerprint density at radius 2 is 2.30 bits per heavy atom. The van der Waals surface area contributed by atoms with Crippen LogP contribution in [0.1, 0.15) is 13.8 Å². The molecule has 0 aliphatic carbocycles. The van der Waals surface area contributed by atoms with E-state index in [1.54, 1.807) is 0 Å². The normalized spacial score (nSPS) is 9.90. The average Bonchev–Trinajstić information content (AvgIpc) is 1.87. The molecule has 0 saturated carbocycles. The molecular weight excluding hydrogens is 148 g/mol. The minimum absolute atomic E-state index is 0.496. The first kappa shape index (κ1) is 9.82. The van der Waals surface area contributed by atoms with Gasteiger partial charge in [-0.3, -0.25) is 4.79 Å². The van der Waals surface area contributed by atoms with Crippen molar-refractivity contribution in [2.75, 3.05) is 18.1 Å². The molecule has 0 rings (SSSR count). The Morgan fingerprint density at radius 3 is 2.80 bits per heavy atom. The number of hydrogen-bond donors (Lipinski definition) is 0. The number of hydrogen-bond acceptors (Lipinski definition) is 3. The molecule has 0 spiro atoms. The lowest BCUT2D eigenvalue weighted by Crippen LogP contribution is -1.98. The summed E-state index contributed by atoms with van der Waals surface area (Å²) in [6.45, 7) is 5.39. The molecule has 0 N–H and O–H groups in total. The van der Waals surface area contributed by atoms with Crippen molar-refractivity contribution < 1.29 is 9.53 Å². The summed E-state index contributed by atoms with van der Waals surface area (Å²) in [6.07, 6.45) is 0. The Kier molecular flexibility index (Phi) is 6.81. The highest BCUT2D eigenvalue weighted by molar-refractivity contribution is 7.99. The van der Waals surface area contributed by atoms with Crippen LogP contribution < -0.4 is 0 Å². The number of ether oxygens (including phenoxy) is 1. The maximum atomic E-state index is 9.67. The molecule has 0 heterocycles. The SMILES string of the molecule is CC(C)CSCCOC=O. The largest absolute Gasteiger partial charge is 0.467 e. The lowest BCUT2D eigenvalue weighted by Gasteiger charge is -2.02. The molecule has 0 aromatic carbocycles. The molecule has 0 unspecified atom stereocenters. The zero-order valence-electron chi connectivity index (χ0n) is 6.50. The van der Waals surface area contributed by atoms with Gasteiger partial charge in [-0.1, -0.05) is 13.8 Å². The van der Waals surface area contributed by atoms with Gasteiger partial charge in [0.15, 0.2) is 0 Å². The highest BCUT2D eigenvalue weighted by Crippen LogP contribution is 2.06. The zero-order valence-corrected chi connectivity index (χ0v) is 7.32. The Morgan fingerprint density at radius 1 is 1.60 bits per heavy atom. The second-order valence-corrected chi connectivity index (χ2v) is 3.59. The average molecular weight is 162 g/mol. The Hall–Kier alpha value is -0.180. The van der Waals surface area contributed by atoms with Crippen LogP contribution in [0.25, 0.3) is 0 Å². The van der Waals surface area contributed by atoms with E-state index in [4.69, 9.17) is 0 Å². The summed E-state index contributed by atoms with van der Waals surface area (Å²) in [4.78, 5) is 9.67. The van der Waals surface area contributed by atoms with E-state index in [-0.39, 0.29) is 0 Å². The highest BCUT2D eigenvalue weighted by atomic mass is 32.2. The third-order valence-electron chi connectivity index (χ3n) is 0.865. The summed E-state index contributed by atoms with van der Waals surface area (Å²) in [5.41, 5.74) is 0. The third kappa shape index (κ3) is 7.82. The van der Waals surface area contributed by atoms with Crippen LogP contribution in [0.2, 0.25) is 0 Å². The van der Waals surface area contributed by atoms with Gasteiger partial charge in [-0.15, -0.1) is 0 Å². The van der Waals surface area contributed by atoms with Crippen LogP contribution in [0.4, 0.5) is 0 Å². The number of thioether (sulfide) groups is 1. The first-order valence-corrected chi connectivity index (χ1v) is 4.56.